The number of thioether (sulfide) groups is 1. The lowest BCUT2D eigenvalue weighted by Gasteiger charge is -2.16. The predicted octanol–water partition coefficient (Wildman–Crippen LogP) is 1.88. The minimum absolute atomic E-state index is 0.0000217. The first-order valence-electron chi connectivity index (χ1n) is 5.98. The Balaban J connectivity index is 3.00. The van der Waals surface area contributed by atoms with Gasteiger partial charge in [0.15, 0.2) is 0 Å². The molecule has 1 rings (SSSR count). The zero-order chi connectivity index (χ0) is 13.7. The number of aliphatic hydroxyl groups excluding tert-OH is 1. The number of nitrogens with one attached hydrogen (secondary N) is 1. The fourth-order valence-corrected chi connectivity index (χ4v) is 2.47. The van der Waals surface area contributed by atoms with Crippen molar-refractivity contribution in [2.45, 2.75) is 37.0 Å². The molecule has 0 aliphatic carbocycles. The molecule has 0 saturated carbocycles. The van der Waals surface area contributed by atoms with Gasteiger partial charge in [0.25, 0.3) is 5.91 Å². The molecule has 5 heteroatoms. The molecular weight excluding hydrogens is 248 g/mol. The Morgan fingerprint density at radius 1 is 1.50 bits per heavy atom. The predicted molar refractivity (Wildman–Crippen MR) is 75.9 cm³/mol. The molecule has 0 bridgehead atoms. The fraction of sp³-hybridized carbons (Fsp3) is 0.462. The van der Waals surface area contributed by atoms with Crippen molar-refractivity contribution >= 4 is 23.4 Å². The van der Waals surface area contributed by atoms with E-state index in [0.29, 0.717) is 17.8 Å². The molecule has 1 amide bonds. The maximum atomic E-state index is 11.9. The van der Waals surface area contributed by atoms with Crippen LogP contribution in [0.15, 0.2) is 23.1 Å². The van der Waals surface area contributed by atoms with Gasteiger partial charge in [0.1, 0.15) is 0 Å². The van der Waals surface area contributed by atoms with Crippen LogP contribution in [0.5, 0.6) is 0 Å². The number of anilines is 1. The van der Waals surface area contributed by atoms with Gasteiger partial charge in [0.05, 0.1) is 11.7 Å². The summed E-state index contributed by atoms with van der Waals surface area (Å²) in [4.78, 5) is 12.7. The molecule has 100 valence electrons. The van der Waals surface area contributed by atoms with Crippen LogP contribution in [0.4, 0.5) is 5.69 Å². The molecule has 0 fully saturated rings. The van der Waals surface area contributed by atoms with Crippen LogP contribution < -0.4 is 11.1 Å². The normalized spacial score (nSPS) is 14.0. The number of nitrogens with two attached hydrogens (primary N) is 1. The lowest BCUT2D eigenvalue weighted by Crippen LogP contribution is -2.24. The fourth-order valence-electron chi connectivity index (χ4n) is 1.38. The highest BCUT2D eigenvalue weighted by atomic mass is 32.2. The van der Waals surface area contributed by atoms with Gasteiger partial charge in [0, 0.05) is 22.4 Å². The van der Waals surface area contributed by atoms with E-state index in [4.69, 9.17) is 5.73 Å². The molecule has 1 aromatic rings. The van der Waals surface area contributed by atoms with Crippen molar-refractivity contribution in [2.75, 3.05) is 12.3 Å². The second-order valence-corrected chi connectivity index (χ2v) is 5.60. The Labute approximate surface area is 112 Å². The van der Waals surface area contributed by atoms with Gasteiger partial charge in [-0.2, -0.15) is 0 Å². The van der Waals surface area contributed by atoms with Crippen molar-refractivity contribution < 1.29 is 9.90 Å². The number of benzene rings is 1. The van der Waals surface area contributed by atoms with E-state index < -0.39 is 6.10 Å². The van der Waals surface area contributed by atoms with Gasteiger partial charge in [-0.05, 0) is 32.0 Å². The molecule has 4 N–H and O–H groups in total. The molecule has 2 unspecified atom stereocenters. The number of carbonyl (C=O) groups is 1. The first-order chi connectivity index (χ1) is 8.45. The van der Waals surface area contributed by atoms with Crippen LogP contribution in [0.2, 0.25) is 0 Å². The van der Waals surface area contributed by atoms with Crippen LogP contribution in [-0.2, 0) is 0 Å². The molecule has 0 heterocycles. The van der Waals surface area contributed by atoms with Crippen molar-refractivity contribution in [3.05, 3.63) is 23.8 Å². The smallest absolute Gasteiger partial charge is 0.252 e. The third-order valence-corrected chi connectivity index (χ3v) is 3.94. The second-order valence-electron chi connectivity index (χ2n) is 4.18. The summed E-state index contributed by atoms with van der Waals surface area (Å²) >= 11 is 1.46. The first kappa shape index (κ1) is 14.9. The van der Waals surface area contributed by atoms with Gasteiger partial charge in [-0.1, -0.05) is 6.92 Å². The molecule has 18 heavy (non-hydrogen) atoms. The molecule has 2 atom stereocenters. The van der Waals surface area contributed by atoms with Crippen molar-refractivity contribution in [1.29, 1.82) is 0 Å². The van der Waals surface area contributed by atoms with E-state index >= 15 is 0 Å². The average molecular weight is 268 g/mol. The minimum atomic E-state index is -0.446. The Bertz CT molecular complexity index is 421. The molecule has 0 radical (unpaired) electrons. The van der Waals surface area contributed by atoms with Crippen molar-refractivity contribution in [1.82, 2.24) is 5.32 Å². The van der Waals surface area contributed by atoms with E-state index in [1.165, 1.54) is 11.8 Å². The van der Waals surface area contributed by atoms with Crippen LogP contribution in [0, 0.1) is 0 Å². The summed E-state index contributed by atoms with van der Waals surface area (Å²) in [6.07, 6.45) is -0.446. The van der Waals surface area contributed by atoms with Crippen molar-refractivity contribution in [2.24, 2.45) is 0 Å². The molecule has 0 aromatic heterocycles. The third-order valence-electron chi connectivity index (χ3n) is 2.58. The summed E-state index contributed by atoms with van der Waals surface area (Å²) < 4.78 is 0. The third kappa shape index (κ3) is 3.92. The van der Waals surface area contributed by atoms with E-state index in [1.54, 1.807) is 25.1 Å². The van der Waals surface area contributed by atoms with Crippen LogP contribution >= 0.6 is 11.8 Å². The van der Waals surface area contributed by atoms with Crippen LogP contribution in [0.3, 0.4) is 0 Å². The van der Waals surface area contributed by atoms with Crippen LogP contribution in [0.25, 0.3) is 0 Å². The molecule has 0 aliphatic rings. The van der Waals surface area contributed by atoms with Gasteiger partial charge in [-0.25, -0.2) is 0 Å². The Kier molecular flexibility index (Phi) is 5.50. The van der Waals surface area contributed by atoms with E-state index in [2.05, 4.69) is 5.32 Å². The van der Waals surface area contributed by atoms with Gasteiger partial charge < -0.3 is 16.2 Å². The van der Waals surface area contributed by atoms with E-state index in [9.17, 15) is 9.90 Å². The summed E-state index contributed by atoms with van der Waals surface area (Å²) in [6, 6.07) is 5.20. The number of nitrogen functional groups attached to an aromatic ring is 1. The van der Waals surface area contributed by atoms with Crippen molar-refractivity contribution in [3.8, 4) is 0 Å². The highest BCUT2D eigenvalue weighted by Gasteiger charge is 2.16. The van der Waals surface area contributed by atoms with Gasteiger partial charge in [-0.15, -0.1) is 11.8 Å². The standard InChI is InChI=1S/C13H20N2O2S/c1-4-15-13(17)11-6-5-10(14)7-12(11)18-9(3)8(2)16/h5-9,16H,4,14H2,1-3H3,(H,15,17). The highest BCUT2D eigenvalue weighted by molar-refractivity contribution is 8.00. The maximum Gasteiger partial charge on any atom is 0.252 e. The zero-order valence-electron chi connectivity index (χ0n) is 10.9. The number of aliphatic hydroxyl groups is 1. The summed E-state index contributed by atoms with van der Waals surface area (Å²) in [5.41, 5.74) is 6.96. The Morgan fingerprint density at radius 3 is 2.72 bits per heavy atom. The highest BCUT2D eigenvalue weighted by Crippen LogP contribution is 2.30. The van der Waals surface area contributed by atoms with Crippen LogP contribution in [0.1, 0.15) is 31.1 Å². The molecular formula is C13H20N2O2S. The lowest BCUT2D eigenvalue weighted by atomic mass is 10.2. The van der Waals surface area contributed by atoms with Crippen molar-refractivity contribution in [3.63, 3.8) is 0 Å². The summed E-state index contributed by atoms with van der Waals surface area (Å²) in [7, 11) is 0. The SMILES string of the molecule is CCNC(=O)c1ccc(N)cc1SC(C)C(C)O. The second kappa shape index (κ2) is 6.66. The zero-order valence-corrected chi connectivity index (χ0v) is 11.8. The summed E-state index contributed by atoms with van der Waals surface area (Å²) in [6.45, 7) is 6.11. The van der Waals surface area contributed by atoms with Crippen LogP contribution in [-0.4, -0.2) is 28.9 Å². The minimum Gasteiger partial charge on any atom is -0.399 e. The number of amides is 1. The quantitative estimate of drug-likeness (QED) is 0.563. The number of rotatable bonds is 5. The van der Waals surface area contributed by atoms with E-state index in [-0.39, 0.29) is 11.2 Å². The maximum absolute atomic E-state index is 11.9. The topological polar surface area (TPSA) is 75.4 Å². The van der Waals surface area contributed by atoms with E-state index in [1.807, 2.05) is 13.8 Å². The first-order valence-corrected chi connectivity index (χ1v) is 6.86. The monoisotopic (exact) mass is 268 g/mol. The number of hydrogen-bond donors (Lipinski definition) is 3. The lowest BCUT2D eigenvalue weighted by molar-refractivity contribution is 0.0953. The number of carbonyl (C=O) groups excluding carboxylic acids is 1. The van der Waals surface area contributed by atoms with E-state index in [0.717, 1.165) is 4.90 Å². The Morgan fingerprint density at radius 2 is 2.17 bits per heavy atom. The molecule has 1 aromatic carbocycles. The molecule has 0 aliphatic heterocycles. The largest absolute Gasteiger partial charge is 0.399 e. The number of hydrogen-bond acceptors (Lipinski definition) is 4. The Hall–Kier alpha value is -1.20. The molecule has 0 saturated heterocycles. The molecule has 0 spiro atoms. The average Bonchev–Trinajstić information content (AvgIpc) is 2.29. The summed E-state index contributed by atoms with van der Waals surface area (Å²) in [5, 5.41) is 12.3. The van der Waals surface area contributed by atoms with Gasteiger partial charge in [0.2, 0.25) is 0 Å². The summed E-state index contributed by atoms with van der Waals surface area (Å²) in [5.74, 6) is -0.113. The van der Waals surface area contributed by atoms with Gasteiger partial charge >= 0.3 is 0 Å². The van der Waals surface area contributed by atoms with Gasteiger partial charge in [-0.3, -0.25) is 4.79 Å². The molecule has 4 nitrogen and oxygen atoms in total.